The fourth-order valence-electron chi connectivity index (χ4n) is 3.30. The van der Waals surface area contributed by atoms with E-state index in [2.05, 4.69) is 0 Å². The van der Waals surface area contributed by atoms with E-state index in [1.807, 2.05) is 0 Å². The van der Waals surface area contributed by atoms with Gasteiger partial charge < -0.3 is 14.4 Å². The number of halogens is 2. The molecule has 0 unspecified atom stereocenters. The van der Waals surface area contributed by atoms with Gasteiger partial charge in [0, 0.05) is 19.2 Å². The summed E-state index contributed by atoms with van der Waals surface area (Å²) in [5.74, 6) is -0.578. The first-order chi connectivity index (χ1) is 12.3. The molecule has 0 N–H and O–H groups in total. The molecule has 3 rings (SSSR count). The monoisotopic (exact) mass is 405 g/mol. The Morgan fingerprint density at radius 2 is 2.19 bits per heavy atom. The molecule has 0 saturated carbocycles. The molecule has 2 saturated heterocycles. The summed E-state index contributed by atoms with van der Waals surface area (Å²) in [5.41, 5.74) is 0. The Morgan fingerprint density at radius 1 is 1.38 bits per heavy atom. The lowest BCUT2D eigenvalue weighted by molar-refractivity contribution is -0.137. The van der Waals surface area contributed by atoms with Gasteiger partial charge in [0.25, 0.3) is 5.91 Å². The number of hydrogen-bond acceptors (Lipinski definition) is 5. The number of carbonyl (C=O) groups is 1. The highest BCUT2D eigenvalue weighted by molar-refractivity contribution is 7.91. The molecule has 0 spiro atoms. The summed E-state index contributed by atoms with van der Waals surface area (Å²) < 4.78 is 47.7. The average Bonchev–Trinajstić information content (AvgIpc) is 3.20. The Morgan fingerprint density at radius 3 is 2.81 bits per heavy atom. The van der Waals surface area contributed by atoms with Crippen LogP contribution in [0, 0.1) is 5.82 Å². The van der Waals surface area contributed by atoms with Crippen LogP contribution in [0.2, 0.25) is 5.02 Å². The molecular formula is C17H21ClFNO5S. The third kappa shape index (κ3) is 4.86. The van der Waals surface area contributed by atoms with Crippen LogP contribution in [-0.2, 0) is 19.4 Å². The minimum Gasteiger partial charge on any atom is -0.482 e. The number of carbonyl (C=O) groups excluding carboxylic acids is 1. The van der Waals surface area contributed by atoms with E-state index in [9.17, 15) is 17.6 Å². The van der Waals surface area contributed by atoms with Crippen LogP contribution in [0.15, 0.2) is 18.2 Å². The van der Waals surface area contributed by atoms with E-state index in [0.717, 1.165) is 18.9 Å². The second kappa shape index (κ2) is 8.10. The second-order valence-electron chi connectivity index (χ2n) is 6.60. The van der Waals surface area contributed by atoms with E-state index in [0.29, 0.717) is 19.6 Å². The van der Waals surface area contributed by atoms with E-state index in [1.54, 1.807) is 4.90 Å². The van der Waals surface area contributed by atoms with Crippen molar-refractivity contribution < 1.29 is 27.1 Å². The lowest BCUT2D eigenvalue weighted by Gasteiger charge is -2.30. The number of ether oxygens (including phenoxy) is 2. The fraction of sp³-hybridized carbons (Fsp3) is 0.588. The minimum absolute atomic E-state index is 0.0389. The van der Waals surface area contributed by atoms with Crippen molar-refractivity contribution in [2.45, 2.75) is 31.4 Å². The maximum Gasteiger partial charge on any atom is 0.260 e. The molecule has 144 valence electrons. The summed E-state index contributed by atoms with van der Waals surface area (Å²) >= 11 is 5.91. The van der Waals surface area contributed by atoms with Crippen LogP contribution in [0.3, 0.4) is 0 Å². The van der Waals surface area contributed by atoms with E-state index in [4.69, 9.17) is 21.1 Å². The SMILES string of the molecule is O=C(COc1ccc(F)cc1Cl)N(C[C@@H]1CCCO1)[C@H]1CCS(=O)(=O)C1. The van der Waals surface area contributed by atoms with E-state index >= 15 is 0 Å². The molecule has 1 amide bonds. The van der Waals surface area contributed by atoms with Crippen molar-refractivity contribution in [2.75, 3.05) is 31.3 Å². The quantitative estimate of drug-likeness (QED) is 0.724. The molecule has 0 radical (unpaired) electrons. The Labute approximate surface area is 157 Å². The zero-order chi connectivity index (χ0) is 18.7. The molecule has 0 aliphatic carbocycles. The number of hydrogen-bond donors (Lipinski definition) is 0. The number of amides is 1. The summed E-state index contributed by atoms with van der Waals surface area (Å²) in [6.07, 6.45) is 2.10. The standard InChI is InChI=1S/C17H21ClFNO5S/c18-15-8-12(19)3-4-16(15)25-10-17(21)20(9-14-2-1-6-24-14)13-5-7-26(22,23)11-13/h3-4,8,13-14H,1-2,5-7,9-11H2/t13-,14-/m0/s1. The molecule has 1 aromatic rings. The maximum absolute atomic E-state index is 13.1. The summed E-state index contributed by atoms with van der Waals surface area (Å²) in [4.78, 5) is 14.3. The zero-order valence-electron chi connectivity index (χ0n) is 14.2. The van der Waals surface area contributed by atoms with Gasteiger partial charge in [0.05, 0.1) is 22.6 Å². The molecule has 6 nitrogen and oxygen atoms in total. The molecule has 0 bridgehead atoms. The number of nitrogens with zero attached hydrogens (tertiary/aromatic N) is 1. The molecule has 2 heterocycles. The Kier molecular flexibility index (Phi) is 6.04. The van der Waals surface area contributed by atoms with Crippen LogP contribution < -0.4 is 4.74 Å². The van der Waals surface area contributed by atoms with Gasteiger partial charge in [-0.3, -0.25) is 4.79 Å². The van der Waals surface area contributed by atoms with Gasteiger partial charge in [0.15, 0.2) is 16.4 Å². The lowest BCUT2D eigenvalue weighted by atomic mass is 10.1. The van der Waals surface area contributed by atoms with Crippen LogP contribution in [-0.4, -0.2) is 62.6 Å². The van der Waals surface area contributed by atoms with Gasteiger partial charge >= 0.3 is 0 Å². The predicted molar refractivity (Wildman–Crippen MR) is 94.7 cm³/mol. The third-order valence-electron chi connectivity index (χ3n) is 4.64. The molecule has 9 heteroatoms. The number of benzene rings is 1. The van der Waals surface area contributed by atoms with Gasteiger partial charge in [0.2, 0.25) is 0 Å². The maximum atomic E-state index is 13.1. The van der Waals surface area contributed by atoms with Gasteiger partial charge in [0.1, 0.15) is 11.6 Å². The van der Waals surface area contributed by atoms with E-state index < -0.39 is 15.7 Å². The highest BCUT2D eigenvalue weighted by Gasteiger charge is 2.36. The summed E-state index contributed by atoms with van der Waals surface area (Å²) in [7, 11) is -3.12. The van der Waals surface area contributed by atoms with Crippen molar-refractivity contribution in [2.24, 2.45) is 0 Å². The van der Waals surface area contributed by atoms with Crippen molar-refractivity contribution >= 4 is 27.3 Å². The Bertz CT molecular complexity index is 766. The van der Waals surface area contributed by atoms with Gasteiger partial charge in [-0.25, -0.2) is 12.8 Å². The fourth-order valence-corrected chi connectivity index (χ4v) is 5.25. The summed E-state index contributed by atoms with van der Waals surface area (Å²) in [5, 5.41) is 0.0759. The summed E-state index contributed by atoms with van der Waals surface area (Å²) in [6, 6.07) is 3.29. The van der Waals surface area contributed by atoms with Crippen molar-refractivity contribution in [1.29, 1.82) is 0 Å². The van der Waals surface area contributed by atoms with Crippen LogP contribution in [0.25, 0.3) is 0 Å². The molecule has 2 atom stereocenters. The molecule has 0 aromatic heterocycles. The first kappa shape index (κ1) is 19.4. The highest BCUT2D eigenvalue weighted by Crippen LogP contribution is 2.26. The molecule has 1 aromatic carbocycles. The largest absolute Gasteiger partial charge is 0.482 e. The first-order valence-corrected chi connectivity index (χ1v) is 10.7. The average molecular weight is 406 g/mol. The third-order valence-corrected chi connectivity index (χ3v) is 6.68. The predicted octanol–water partition coefficient (Wildman–Crippen LogP) is 2.05. The van der Waals surface area contributed by atoms with Crippen LogP contribution >= 0.6 is 11.6 Å². The topological polar surface area (TPSA) is 72.9 Å². The van der Waals surface area contributed by atoms with Crippen LogP contribution in [0.4, 0.5) is 4.39 Å². The van der Waals surface area contributed by atoms with Gasteiger partial charge in [-0.15, -0.1) is 0 Å². The van der Waals surface area contributed by atoms with Crippen molar-refractivity contribution in [3.63, 3.8) is 0 Å². The smallest absolute Gasteiger partial charge is 0.260 e. The Balaban J connectivity index is 1.67. The molecular weight excluding hydrogens is 385 g/mol. The first-order valence-electron chi connectivity index (χ1n) is 8.53. The molecule has 26 heavy (non-hydrogen) atoms. The highest BCUT2D eigenvalue weighted by atomic mass is 35.5. The van der Waals surface area contributed by atoms with Gasteiger partial charge in [-0.2, -0.15) is 0 Å². The lowest BCUT2D eigenvalue weighted by Crippen LogP contribution is -2.47. The van der Waals surface area contributed by atoms with Crippen molar-refractivity contribution in [1.82, 2.24) is 4.90 Å². The minimum atomic E-state index is -3.12. The van der Waals surface area contributed by atoms with Crippen LogP contribution in [0.5, 0.6) is 5.75 Å². The Hall–Kier alpha value is -1.38. The molecule has 2 aliphatic rings. The van der Waals surface area contributed by atoms with Crippen molar-refractivity contribution in [3.05, 3.63) is 29.0 Å². The van der Waals surface area contributed by atoms with Gasteiger partial charge in [-0.1, -0.05) is 11.6 Å². The van der Waals surface area contributed by atoms with Gasteiger partial charge in [-0.05, 0) is 37.5 Å². The summed E-state index contributed by atoms with van der Waals surface area (Å²) in [6.45, 7) is 0.700. The number of rotatable bonds is 6. The van der Waals surface area contributed by atoms with E-state index in [1.165, 1.54) is 12.1 Å². The second-order valence-corrected chi connectivity index (χ2v) is 9.24. The number of sulfone groups is 1. The van der Waals surface area contributed by atoms with Crippen LogP contribution in [0.1, 0.15) is 19.3 Å². The van der Waals surface area contributed by atoms with Crippen molar-refractivity contribution in [3.8, 4) is 5.75 Å². The van der Waals surface area contributed by atoms with E-state index in [-0.39, 0.29) is 46.9 Å². The molecule has 2 fully saturated rings. The molecule has 2 aliphatic heterocycles. The normalized spacial score (nSPS) is 24.5. The zero-order valence-corrected chi connectivity index (χ0v) is 15.8.